The fraction of sp³-hybridized carbons (Fsp3) is 0.0588. The lowest BCUT2D eigenvalue weighted by Crippen LogP contribution is -2.22. The second-order valence-electron chi connectivity index (χ2n) is 4.78. The van der Waals surface area contributed by atoms with Crippen LogP contribution in [0.2, 0.25) is 0 Å². The molecule has 5 heteroatoms. The molecule has 3 rings (SSSR count). The zero-order valence-corrected chi connectivity index (χ0v) is 14.0. The third-order valence-corrected chi connectivity index (χ3v) is 4.42. The first-order valence-electron chi connectivity index (χ1n) is 6.72. The summed E-state index contributed by atoms with van der Waals surface area (Å²) in [6.07, 6.45) is 3.61. The molecule has 0 bridgehead atoms. The van der Waals surface area contributed by atoms with Crippen LogP contribution in [0.4, 0.5) is 0 Å². The number of halogens is 1. The van der Waals surface area contributed by atoms with E-state index in [9.17, 15) is 4.79 Å². The van der Waals surface area contributed by atoms with Gasteiger partial charge in [-0.15, -0.1) is 0 Å². The number of aromatic nitrogens is 1. The molecule has 0 aliphatic heterocycles. The number of pyridine rings is 1. The number of amides is 1. The Morgan fingerprint density at radius 1 is 1.14 bits per heavy atom. The van der Waals surface area contributed by atoms with E-state index in [0.29, 0.717) is 12.1 Å². The van der Waals surface area contributed by atoms with Crippen molar-refractivity contribution in [2.75, 3.05) is 0 Å². The van der Waals surface area contributed by atoms with Gasteiger partial charge in [0.1, 0.15) is 0 Å². The molecular formula is C17H13BrN2OS. The van der Waals surface area contributed by atoms with Crippen molar-refractivity contribution < 1.29 is 4.79 Å². The van der Waals surface area contributed by atoms with Gasteiger partial charge in [-0.25, -0.2) is 0 Å². The summed E-state index contributed by atoms with van der Waals surface area (Å²) in [7, 11) is 0. The minimum atomic E-state index is -0.0894. The van der Waals surface area contributed by atoms with E-state index in [1.165, 1.54) is 0 Å². The number of rotatable bonds is 4. The molecule has 1 amide bonds. The van der Waals surface area contributed by atoms with Crippen molar-refractivity contribution in [1.82, 2.24) is 10.3 Å². The fourth-order valence-electron chi connectivity index (χ4n) is 2.06. The summed E-state index contributed by atoms with van der Waals surface area (Å²) >= 11 is 5.01. The standard InChI is InChI=1S/C17H13BrN2OS/c18-16-3-1-13(2-4-16)17(21)20-9-12-7-15(10-19-8-12)14-5-6-22-11-14/h1-8,10-11H,9H2,(H,20,21). The van der Waals surface area contributed by atoms with Crippen molar-refractivity contribution in [3.05, 3.63) is 75.2 Å². The van der Waals surface area contributed by atoms with Gasteiger partial charge < -0.3 is 5.32 Å². The maximum absolute atomic E-state index is 12.1. The summed E-state index contributed by atoms with van der Waals surface area (Å²) in [6.45, 7) is 0.458. The van der Waals surface area contributed by atoms with Gasteiger partial charge in [-0.3, -0.25) is 9.78 Å². The molecule has 0 saturated heterocycles. The first-order valence-corrected chi connectivity index (χ1v) is 8.46. The van der Waals surface area contributed by atoms with Crippen molar-refractivity contribution in [3.63, 3.8) is 0 Å². The summed E-state index contributed by atoms with van der Waals surface area (Å²) in [5, 5.41) is 7.04. The topological polar surface area (TPSA) is 42.0 Å². The number of hydrogen-bond donors (Lipinski definition) is 1. The molecule has 0 radical (unpaired) electrons. The van der Waals surface area contributed by atoms with Crippen molar-refractivity contribution >= 4 is 33.2 Å². The molecule has 1 aromatic carbocycles. The van der Waals surface area contributed by atoms with E-state index in [0.717, 1.165) is 21.2 Å². The Morgan fingerprint density at radius 3 is 2.68 bits per heavy atom. The van der Waals surface area contributed by atoms with Crippen molar-refractivity contribution in [3.8, 4) is 11.1 Å². The number of carbonyl (C=O) groups excluding carboxylic acids is 1. The van der Waals surface area contributed by atoms with E-state index in [-0.39, 0.29) is 5.91 Å². The summed E-state index contributed by atoms with van der Waals surface area (Å²) in [6, 6.07) is 11.4. The van der Waals surface area contributed by atoms with Gasteiger partial charge in [-0.2, -0.15) is 11.3 Å². The van der Waals surface area contributed by atoms with Gasteiger partial charge in [0.2, 0.25) is 0 Å². The van der Waals surface area contributed by atoms with Gasteiger partial charge in [0.05, 0.1) is 0 Å². The molecule has 0 spiro atoms. The van der Waals surface area contributed by atoms with Crippen LogP contribution in [0.25, 0.3) is 11.1 Å². The summed E-state index contributed by atoms with van der Waals surface area (Å²) in [5.41, 5.74) is 3.84. The van der Waals surface area contributed by atoms with Gasteiger partial charge in [0, 0.05) is 34.5 Å². The van der Waals surface area contributed by atoms with Crippen LogP contribution in [0.15, 0.2) is 64.0 Å². The number of carbonyl (C=O) groups is 1. The molecule has 2 heterocycles. The second-order valence-corrected chi connectivity index (χ2v) is 6.48. The van der Waals surface area contributed by atoms with E-state index in [2.05, 4.69) is 43.7 Å². The Labute approximate surface area is 141 Å². The average molecular weight is 373 g/mol. The van der Waals surface area contributed by atoms with E-state index in [4.69, 9.17) is 0 Å². The van der Waals surface area contributed by atoms with Gasteiger partial charge in [0.15, 0.2) is 0 Å². The smallest absolute Gasteiger partial charge is 0.251 e. The van der Waals surface area contributed by atoms with Crippen LogP contribution in [0.1, 0.15) is 15.9 Å². The van der Waals surface area contributed by atoms with Crippen LogP contribution in [-0.4, -0.2) is 10.9 Å². The second kappa shape index (κ2) is 6.85. The summed E-state index contributed by atoms with van der Waals surface area (Å²) in [5.74, 6) is -0.0894. The fourth-order valence-corrected chi connectivity index (χ4v) is 2.99. The first-order chi connectivity index (χ1) is 10.7. The molecule has 0 aliphatic carbocycles. The third-order valence-electron chi connectivity index (χ3n) is 3.21. The normalized spacial score (nSPS) is 10.4. The van der Waals surface area contributed by atoms with Crippen LogP contribution < -0.4 is 5.32 Å². The molecular weight excluding hydrogens is 360 g/mol. The zero-order chi connectivity index (χ0) is 15.4. The molecule has 22 heavy (non-hydrogen) atoms. The van der Waals surface area contributed by atoms with Gasteiger partial charge in [-0.1, -0.05) is 15.9 Å². The maximum Gasteiger partial charge on any atom is 0.251 e. The van der Waals surface area contributed by atoms with E-state index < -0.39 is 0 Å². The van der Waals surface area contributed by atoms with Crippen LogP contribution >= 0.6 is 27.3 Å². The molecule has 0 fully saturated rings. The number of thiophene rings is 1. The van der Waals surface area contributed by atoms with Crippen LogP contribution in [0.5, 0.6) is 0 Å². The largest absolute Gasteiger partial charge is 0.348 e. The minimum Gasteiger partial charge on any atom is -0.348 e. The van der Waals surface area contributed by atoms with E-state index in [1.807, 2.05) is 23.7 Å². The number of nitrogens with one attached hydrogen (secondary N) is 1. The van der Waals surface area contributed by atoms with Crippen LogP contribution in [0, 0.1) is 0 Å². The molecule has 2 aromatic heterocycles. The molecule has 0 atom stereocenters. The maximum atomic E-state index is 12.1. The van der Waals surface area contributed by atoms with Crippen LogP contribution in [-0.2, 0) is 6.54 Å². The Kier molecular flexibility index (Phi) is 4.65. The Morgan fingerprint density at radius 2 is 1.95 bits per heavy atom. The molecule has 3 nitrogen and oxygen atoms in total. The van der Waals surface area contributed by atoms with Gasteiger partial charge >= 0.3 is 0 Å². The SMILES string of the molecule is O=C(NCc1cncc(-c2ccsc2)c1)c1ccc(Br)cc1. The van der Waals surface area contributed by atoms with Gasteiger partial charge in [0.25, 0.3) is 5.91 Å². The number of hydrogen-bond acceptors (Lipinski definition) is 3. The average Bonchev–Trinajstić information content (AvgIpc) is 3.08. The predicted molar refractivity (Wildman–Crippen MR) is 92.9 cm³/mol. The zero-order valence-electron chi connectivity index (χ0n) is 11.6. The van der Waals surface area contributed by atoms with Crippen molar-refractivity contribution in [2.24, 2.45) is 0 Å². The number of nitrogens with zero attached hydrogens (tertiary/aromatic N) is 1. The lowest BCUT2D eigenvalue weighted by Gasteiger charge is -2.07. The third kappa shape index (κ3) is 3.61. The summed E-state index contributed by atoms with van der Waals surface area (Å²) in [4.78, 5) is 16.3. The lowest BCUT2D eigenvalue weighted by atomic mass is 10.1. The number of benzene rings is 1. The van der Waals surface area contributed by atoms with Crippen molar-refractivity contribution in [1.29, 1.82) is 0 Å². The Bertz CT molecular complexity index is 770. The minimum absolute atomic E-state index is 0.0894. The molecule has 1 N–H and O–H groups in total. The first kappa shape index (κ1) is 14.9. The molecule has 3 aromatic rings. The molecule has 110 valence electrons. The van der Waals surface area contributed by atoms with Crippen LogP contribution in [0.3, 0.4) is 0 Å². The molecule has 0 unspecified atom stereocenters. The van der Waals surface area contributed by atoms with E-state index >= 15 is 0 Å². The quantitative estimate of drug-likeness (QED) is 0.732. The highest BCUT2D eigenvalue weighted by atomic mass is 79.9. The summed E-state index contributed by atoms with van der Waals surface area (Å²) < 4.78 is 0.955. The molecule has 0 aliphatic rings. The van der Waals surface area contributed by atoms with Gasteiger partial charge in [-0.05, 0) is 58.3 Å². The Hall–Kier alpha value is -1.98. The highest BCUT2D eigenvalue weighted by Gasteiger charge is 2.06. The Balaban J connectivity index is 1.67. The van der Waals surface area contributed by atoms with Crippen molar-refractivity contribution in [2.45, 2.75) is 6.54 Å². The predicted octanol–water partition coefficient (Wildman–Crippen LogP) is 4.50. The highest BCUT2D eigenvalue weighted by Crippen LogP contribution is 2.21. The van der Waals surface area contributed by atoms with E-state index in [1.54, 1.807) is 29.7 Å². The highest BCUT2D eigenvalue weighted by molar-refractivity contribution is 9.10. The monoisotopic (exact) mass is 372 g/mol. The lowest BCUT2D eigenvalue weighted by molar-refractivity contribution is 0.0951. The molecule has 0 saturated carbocycles.